The van der Waals surface area contributed by atoms with E-state index in [1.54, 1.807) is 24.3 Å². The molecule has 1 N–H and O–H groups in total. The molecule has 140 valence electrons. The SMILES string of the molecule is CCC[C@H](C)NC(=O)c1cccc(S(=O)(=O)N(C)c2ccccc2C)c1. The fourth-order valence-electron chi connectivity index (χ4n) is 2.81. The van der Waals surface area contributed by atoms with Crippen molar-refractivity contribution in [3.63, 3.8) is 0 Å². The fourth-order valence-corrected chi connectivity index (χ4v) is 4.12. The smallest absolute Gasteiger partial charge is 0.264 e. The van der Waals surface area contributed by atoms with E-state index < -0.39 is 10.0 Å². The summed E-state index contributed by atoms with van der Waals surface area (Å²) in [7, 11) is -2.23. The maximum absolute atomic E-state index is 13.0. The summed E-state index contributed by atoms with van der Waals surface area (Å²) in [5.74, 6) is -0.262. The number of para-hydroxylation sites is 1. The Labute approximate surface area is 156 Å². The number of rotatable bonds is 7. The van der Waals surface area contributed by atoms with Gasteiger partial charge in [-0.25, -0.2) is 8.42 Å². The predicted molar refractivity (Wildman–Crippen MR) is 105 cm³/mol. The summed E-state index contributed by atoms with van der Waals surface area (Å²) in [5, 5.41) is 2.90. The van der Waals surface area contributed by atoms with Crippen molar-refractivity contribution in [2.45, 2.75) is 44.6 Å². The van der Waals surface area contributed by atoms with Crippen LogP contribution in [-0.2, 0) is 10.0 Å². The van der Waals surface area contributed by atoms with Gasteiger partial charge < -0.3 is 5.32 Å². The molecule has 0 radical (unpaired) electrons. The van der Waals surface area contributed by atoms with Gasteiger partial charge in [-0.2, -0.15) is 0 Å². The molecule has 26 heavy (non-hydrogen) atoms. The molecule has 1 atom stereocenters. The number of sulfonamides is 1. The van der Waals surface area contributed by atoms with Crippen LogP contribution in [0, 0.1) is 6.92 Å². The first kappa shape index (κ1) is 20.0. The van der Waals surface area contributed by atoms with Crippen LogP contribution in [0.2, 0.25) is 0 Å². The molecule has 0 fully saturated rings. The molecule has 2 aromatic carbocycles. The van der Waals surface area contributed by atoms with Gasteiger partial charge in [0, 0.05) is 18.7 Å². The van der Waals surface area contributed by atoms with Crippen LogP contribution in [0.1, 0.15) is 42.6 Å². The second kappa shape index (κ2) is 8.36. The van der Waals surface area contributed by atoms with Gasteiger partial charge in [0.2, 0.25) is 0 Å². The Morgan fingerprint density at radius 3 is 2.50 bits per heavy atom. The summed E-state index contributed by atoms with van der Waals surface area (Å²) in [6.07, 6.45) is 1.84. The van der Waals surface area contributed by atoms with E-state index in [-0.39, 0.29) is 16.8 Å². The van der Waals surface area contributed by atoms with Gasteiger partial charge in [0.25, 0.3) is 15.9 Å². The third-order valence-corrected chi connectivity index (χ3v) is 6.08. The van der Waals surface area contributed by atoms with E-state index in [0.29, 0.717) is 11.3 Å². The number of aryl methyl sites for hydroxylation is 1. The van der Waals surface area contributed by atoms with Gasteiger partial charge in [-0.1, -0.05) is 37.6 Å². The molecular formula is C20H26N2O3S. The molecule has 2 aromatic rings. The maximum Gasteiger partial charge on any atom is 0.264 e. The molecule has 6 heteroatoms. The number of benzene rings is 2. The second-order valence-electron chi connectivity index (χ2n) is 6.45. The molecule has 0 aromatic heterocycles. The van der Waals surface area contributed by atoms with Gasteiger partial charge in [0.1, 0.15) is 0 Å². The highest BCUT2D eigenvalue weighted by Gasteiger charge is 2.23. The molecule has 0 saturated heterocycles. The fraction of sp³-hybridized carbons (Fsp3) is 0.350. The van der Waals surface area contributed by atoms with Crippen molar-refractivity contribution in [1.82, 2.24) is 5.32 Å². The molecule has 2 rings (SSSR count). The Hall–Kier alpha value is -2.34. The molecule has 0 unspecified atom stereocenters. The van der Waals surface area contributed by atoms with Crippen LogP contribution in [-0.4, -0.2) is 27.4 Å². The zero-order valence-corrected chi connectivity index (χ0v) is 16.5. The first-order valence-electron chi connectivity index (χ1n) is 8.73. The van der Waals surface area contributed by atoms with Crippen LogP contribution in [0.3, 0.4) is 0 Å². The molecule has 0 spiro atoms. The first-order valence-corrected chi connectivity index (χ1v) is 10.2. The molecule has 5 nitrogen and oxygen atoms in total. The van der Waals surface area contributed by atoms with Crippen molar-refractivity contribution in [1.29, 1.82) is 0 Å². The topological polar surface area (TPSA) is 66.5 Å². The van der Waals surface area contributed by atoms with Crippen LogP contribution >= 0.6 is 0 Å². The number of nitrogens with zero attached hydrogens (tertiary/aromatic N) is 1. The van der Waals surface area contributed by atoms with Gasteiger partial charge in [-0.3, -0.25) is 9.10 Å². The molecular weight excluding hydrogens is 348 g/mol. The average molecular weight is 375 g/mol. The first-order chi connectivity index (χ1) is 12.3. The van der Waals surface area contributed by atoms with E-state index in [2.05, 4.69) is 12.2 Å². The molecule has 0 aliphatic heterocycles. The van der Waals surface area contributed by atoms with Crippen LogP contribution in [0.4, 0.5) is 5.69 Å². The molecule has 0 saturated carbocycles. The number of amides is 1. The highest BCUT2D eigenvalue weighted by atomic mass is 32.2. The zero-order valence-electron chi connectivity index (χ0n) is 15.7. The monoisotopic (exact) mass is 374 g/mol. The molecule has 1 amide bonds. The highest BCUT2D eigenvalue weighted by Crippen LogP contribution is 2.25. The standard InChI is InChI=1S/C20H26N2O3S/c1-5-9-16(3)21-20(23)17-11-8-12-18(14-17)26(24,25)22(4)19-13-7-6-10-15(19)2/h6-8,10-14,16H,5,9H2,1-4H3,(H,21,23)/t16-/m0/s1. The number of hydrogen-bond acceptors (Lipinski definition) is 3. The van der Waals surface area contributed by atoms with E-state index in [4.69, 9.17) is 0 Å². The van der Waals surface area contributed by atoms with Crippen molar-refractivity contribution >= 4 is 21.6 Å². The number of carbonyl (C=O) groups is 1. The van der Waals surface area contributed by atoms with Crippen molar-refractivity contribution in [3.05, 3.63) is 59.7 Å². The Bertz CT molecular complexity index is 878. The highest BCUT2D eigenvalue weighted by molar-refractivity contribution is 7.92. The van der Waals surface area contributed by atoms with E-state index in [9.17, 15) is 13.2 Å². The van der Waals surface area contributed by atoms with Gasteiger partial charge in [-0.05, 0) is 50.1 Å². The van der Waals surface area contributed by atoms with Crippen LogP contribution in [0.5, 0.6) is 0 Å². The van der Waals surface area contributed by atoms with Crippen molar-refractivity contribution < 1.29 is 13.2 Å². The number of anilines is 1. The lowest BCUT2D eigenvalue weighted by Crippen LogP contribution is -2.32. The molecule has 0 bridgehead atoms. The summed E-state index contributed by atoms with van der Waals surface area (Å²) in [6, 6.07) is 13.5. The van der Waals surface area contributed by atoms with E-state index in [1.165, 1.54) is 23.5 Å². The van der Waals surface area contributed by atoms with Gasteiger partial charge >= 0.3 is 0 Å². The summed E-state index contributed by atoms with van der Waals surface area (Å²) >= 11 is 0. The van der Waals surface area contributed by atoms with Crippen molar-refractivity contribution in [2.75, 3.05) is 11.4 Å². The number of hydrogen-bond donors (Lipinski definition) is 1. The van der Waals surface area contributed by atoms with Crippen molar-refractivity contribution in [2.24, 2.45) is 0 Å². The van der Waals surface area contributed by atoms with E-state index in [0.717, 1.165) is 18.4 Å². The molecule has 0 heterocycles. The van der Waals surface area contributed by atoms with E-state index in [1.807, 2.05) is 26.0 Å². The normalized spacial score (nSPS) is 12.5. The van der Waals surface area contributed by atoms with Crippen LogP contribution in [0.25, 0.3) is 0 Å². The Kier molecular flexibility index (Phi) is 6.42. The minimum absolute atomic E-state index is 0.0439. The van der Waals surface area contributed by atoms with Gasteiger partial charge in [0.05, 0.1) is 10.6 Å². The largest absolute Gasteiger partial charge is 0.350 e. The lowest BCUT2D eigenvalue weighted by atomic mass is 10.1. The summed E-state index contributed by atoms with van der Waals surface area (Å²) in [4.78, 5) is 12.5. The maximum atomic E-state index is 13.0. The van der Waals surface area contributed by atoms with Crippen LogP contribution in [0.15, 0.2) is 53.4 Å². The number of carbonyl (C=O) groups excluding carboxylic acids is 1. The third kappa shape index (κ3) is 4.43. The van der Waals surface area contributed by atoms with Crippen molar-refractivity contribution in [3.8, 4) is 0 Å². The molecule has 0 aliphatic rings. The van der Waals surface area contributed by atoms with Gasteiger partial charge in [-0.15, -0.1) is 0 Å². The summed E-state index contributed by atoms with van der Waals surface area (Å²) in [5.41, 5.74) is 1.81. The average Bonchev–Trinajstić information content (AvgIpc) is 2.61. The number of nitrogens with one attached hydrogen (secondary N) is 1. The minimum Gasteiger partial charge on any atom is -0.350 e. The van der Waals surface area contributed by atoms with Crippen LogP contribution < -0.4 is 9.62 Å². The Balaban J connectivity index is 2.31. The summed E-state index contributed by atoms with van der Waals surface area (Å²) < 4.78 is 27.2. The zero-order chi connectivity index (χ0) is 19.3. The van der Waals surface area contributed by atoms with Gasteiger partial charge in [0.15, 0.2) is 0 Å². The lowest BCUT2D eigenvalue weighted by molar-refractivity contribution is 0.0938. The lowest BCUT2D eigenvalue weighted by Gasteiger charge is -2.21. The Morgan fingerprint density at radius 1 is 1.15 bits per heavy atom. The summed E-state index contributed by atoms with van der Waals surface area (Å²) in [6.45, 7) is 5.85. The third-order valence-electron chi connectivity index (χ3n) is 4.31. The predicted octanol–water partition coefficient (Wildman–Crippen LogP) is 3.74. The second-order valence-corrected chi connectivity index (χ2v) is 8.42. The minimum atomic E-state index is -3.76. The molecule has 0 aliphatic carbocycles. The van der Waals surface area contributed by atoms with E-state index >= 15 is 0 Å². The quantitative estimate of drug-likeness (QED) is 0.803. The Morgan fingerprint density at radius 2 is 1.85 bits per heavy atom.